The van der Waals surface area contributed by atoms with Crippen LogP contribution in [-0.2, 0) is 4.74 Å². The highest BCUT2D eigenvalue weighted by atomic mass is 32.1. The van der Waals surface area contributed by atoms with Crippen molar-refractivity contribution in [2.45, 2.75) is 24.3 Å². The molecule has 3 N–H and O–H groups in total. The molecule has 2 aromatic heterocycles. The molecule has 1 fully saturated rings. The number of nitrogen functional groups attached to an aromatic ring is 1. The maximum atomic E-state index is 9.54. The quantitative estimate of drug-likeness (QED) is 0.494. The zero-order chi connectivity index (χ0) is 16.4. The normalized spacial score (nSPS) is 26.7. The van der Waals surface area contributed by atoms with E-state index >= 15 is 0 Å². The van der Waals surface area contributed by atoms with Crippen molar-refractivity contribution in [3.8, 4) is 0 Å². The molecule has 118 valence electrons. The minimum Gasteiger partial charge on any atom is -0.393 e. The predicted octanol–water partition coefficient (Wildman–Crippen LogP) is 2.41. The molecule has 3 heterocycles. The summed E-state index contributed by atoms with van der Waals surface area (Å²) < 4.78 is 6.46. The lowest BCUT2D eigenvalue weighted by molar-refractivity contribution is -0.0701. The Kier molecular flexibility index (Phi) is 3.90. The summed E-state index contributed by atoms with van der Waals surface area (Å²) in [6, 6.07) is -0.647. The van der Waals surface area contributed by atoms with Crippen molar-refractivity contribution in [3.05, 3.63) is 38.2 Å². The first-order valence-corrected chi connectivity index (χ1v) is 7.39. The van der Waals surface area contributed by atoms with Gasteiger partial charge < -0.3 is 15.6 Å². The second kappa shape index (κ2) is 5.88. The van der Waals surface area contributed by atoms with E-state index in [0.29, 0.717) is 21.6 Å². The van der Waals surface area contributed by atoms with Gasteiger partial charge in [0.05, 0.1) is 29.0 Å². The van der Waals surface area contributed by atoms with Gasteiger partial charge in [0.25, 0.3) is 0 Å². The largest absolute Gasteiger partial charge is 0.393 e. The first-order chi connectivity index (χ1) is 11.1. The monoisotopic (exact) mass is 333 g/mol. The van der Waals surface area contributed by atoms with E-state index < -0.39 is 24.5 Å². The number of hydrogen-bond donors (Lipinski definition) is 2. The summed E-state index contributed by atoms with van der Waals surface area (Å²) in [7, 11) is 0. The zero-order valence-electron chi connectivity index (χ0n) is 11.6. The summed E-state index contributed by atoms with van der Waals surface area (Å²) in [5.74, 6) is 0.341. The number of thiophene rings is 1. The summed E-state index contributed by atoms with van der Waals surface area (Å²) in [5.41, 5.74) is 23.0. The highest BCUT2D eigenvalue weighted by molar-refractivity contribution is 7.17. The highest BCUT2D eigenvalue weighted by Gasteiger charge is 2.47. The van der Waals surface area contributed by atoms with Crippen LogP contribution >= 0.6 is 11.3 Å². The fourth-order valence-corrected chi connectivity index (χ4v) is 3.55. The summed E-state index contributed by atoms with van der Waals surface area (Å²) in [4.78, 5) is 13.6. The van der Waals surface area contributed by atoms with E-state index in [1.807, 2.05) is 0 Å². The van der Waals surface area contributed by atoms with Crippen LogP contribution < -0.4 is 5.73 Å². The van der Waals surface area contributed by atoms with Crippen molar-refractivity contribution in [1.29, 1.82) is 0 Å². The molecule has 0 radical (unpaired) electrons. The van der Waals surface area contributed by atoms with Gasteiger partial charge in [0.2, 0.25) is 0 Å². The molecular weight excluding hydrogens is 322 g/mol. The predicted molar refractivity (Wildman–Crippen MR) is 82.2 cm³/mol. The van der Waals surface area contributed by atoms with Gasteiger partial charge in [0.15, 0.2) is 5.72 Å². The zero-order valence-corrected chi connectivity index (χ0v) is 12.5. The first kappa shape index (κ1) is 15.3. The number of rotatable bonds is 4. The SMILES string of the molecule is [N-]=[N+]=NC1CC(CO)(N=[N+]=[N-])O[C@H]1c1csc2c(N)ncnc12. The Morgan fingerprint density at radius 1 is 1.48 bits per heavy atom. The average Bonchev–Trinajstić information content (AvgIpc) is 3.11. The number of azide groups is 2. The molecule has 3 rings (SSSR count). The molecule has 0 saturated carbocycles. The fourth-order valence-electron chi connectivity index (χ4n) is 2.60. The number of nitrogens with zero attached hydrogens (tertiary/aromatic N) is 8. The Hall–Kier alpha value is -2.62. The van der Waals surface area contributed by atoms with Gasteiger partial charge in [-0.15, -0.1) is 11.3 Å². The second-order valence-electron chi connectivity index (χ2n) is 4.94. The molecule has 0 bridgehead atoms. The van der Waals surface area contributed by atoms with Crippen LogP contribution in [0.25, 0.3) is 31.1 Å². The molecule has 11 nitrogen and oxygen atoms in total. The van der Waals surface area contributed by atoms with Crippen LogP contribution in [0.2, 0.25) is 0 Å². The van der Waals surface area contributed by atoms with Gasteiger partial charge in [-0.2, -0.15) is 0 Å². The van der Waals surface area contributed by atoms with E-state index in [2.05, 4.69) is 30.0 Å². The Balaban J connectivity index is 2.10. The van der Waals surface area contributed by atoms with Crippen LogP contribution in [0.5, 0.6) is 0 Å². The van der Waals surface area contributed by atoms with Crippen LogP contribution in [0.15, 0.2) is 21.9 Å². The second-order valence-corrected chi connectivity index (χ2v) is 5.82. The molecular formula is C11H11N9O2S. The van der Waals surface area contributed by atoms with Crippen molar-refractivity contribution >= 4 is 27.4 Å². The molecule has 2 aromatic rings. The van der Waals surface area contributed by atoms with E-state index in [9.17, 15) is 5.11 Å². The number of aliphatic hydroxyl groups excluding tert-OH is 1. The lowest BCUT2D eigenvalue weighted by Gasteiger charge is -2.20. The third kappa shape index (κ3) is 2.50. The summed E-state index contributed by atoms with van der Waals surface area (Å²) in [5, 5.41) is 18.6. The van der Waals surface area contributed by atoms with Crippen molar-refractivity contribution < 1.29 is 9.84 Å². The maximum absolute atomic E-state index is 9.54. The molecule has 0 amide bonds. The number of aliphatic hydroxyl groups is 1. The van der Waals surface area contributed by atoms with Gasteiger partial charge >= 0.3 is 0 Å². The van der Waals surface area contributed by atoms with Crippen LogP contribution in [0.4, 0.5) is 5.82 Å². The standard InChI is InChI=1S/C11H11N9O2S/c12-10-9-7(15-4-16-10)5(2-23-9)8-6(17-19-13)1-11(3-21,22-8)18-20-14/h2,4,6,8,21H,1,3H2,(H2,12,15,16)/t6?,8-,11?/m0/s1. The summed E-state index contributed by atoms with van der Waals surface area (Å²) in [6.07, 6.45) is 0.699. The molecule has 0 aliphatic carbocycles. The molecule has 3 atom stereocenters. The van der Waals surface area contributed by atoms with Gasteiger partial charge in [-0.1, -0.05) is 10.2 Å². The molecule has 1 saturated heterocycles. The Bertz CT molecular complexity index is 841. The summed E-state index contributed by atoms with van der Waals surface area (Å²) >= 11 is 1.34. The number of aromatic nitrogens is 2. The highest BCUT2D eigenvalue weighted by Crippen LogP contribution is 2.45. The fraction of sp³-hybridized carbons (Fsp3) is 0.455. The number of ether oxygens (including phenoxy) is 1. The summed E-state index contributed by atoms with van der Waals surface area (Å²) in [6.45, 7) is -0.524. The van der Waals surface area contributed by atoms with Crippen molar-refractivity contribution in [1.82, 2.24) is 9.97 Å². The van der Waals surface area contributed by atoms with Crippen LogP contribution in [-0.4, -0.2) is 33.4 Å². The Morgan fingerprint density at radius 3 is 3.00 bits per heavy atom. The van der Waals surface area contributed by atoms with E-state index in [1.165, 1.54) is 17.7 Å². The van der Waals surface area contributed by atoms with Crippen LogP contribution in [0.3, 0.4) is 0 Å². The van der Waals surface area contributed by atoms with Gasteiger partial charge in [-0.3, -0.25) is 0 Å². The molecule has 0 spiro atoms. The Morgan fingerprint density at radius 2 is 2.30 bits per heavy atom. The smallest absolute Gasteiger partial charge is 0.171 e. The molecule has 12 heteroatoms. The van der Waals surface area contributed by atoms with E-state index in [0.717, 1.165) is 0 Å². The minimum absolute atomic E-state index is 0.0696. The van der Waals surface area contributed by atoms with Crippen LogP contribution in [0, 0.1) is 0 Å². The molecule has 1 aliphatic rings. The minimum atomic E-state index is -1.47. The molecule has 23 heavy (non-hydrogen) atoms. The van der Waals surface area contributed by atoms with Gasteiger partial charge in [-0.05, 0) is 22.9 Å². The van der Waals surface area contributed by atoms with Crippen molar-refractivity contribution in [2.24, 2.45) is 10.2 Å². The van der Waals surface area contributed by atoms with E-state index in [4.69, 9.17) is 21.5 Å². The average molecular weight is 333 g/mol. The van der Waals surface area contributed by atoms with Crippen LogP contribution in [0.1, 0.15) is 18.1 Å². The number of fused-ring (bicyclic) bond motifs is 1. The number of nitrogens with two attached hydrogens (primary N) is 1. The van der Waals surface area contributed by atoms with Gasteiger partial charge in [0, 0.05) is 15.4 Å². The van der Waals surface area contributed by atoms with Crippen molar-refractivity contribution in [2.75, 3.05) is 12.3 Å². The van der Waals surface area contributed by atoms with E-state index in [1.54, 1.807) is 5.38 Å². The first-order valence-electron chi connectivity index (χ1n) is 6.51. The lowest BCUT2D eigenvalue weighted by atomic mass is 10.0. The molecule has 0 aromatic carbocycles. The topological polar surface area (TPSA) is 179 Å². The van der Waals surface area contributed by atoms with Gasteiger partial charge in [0.1, 0.15) is 12.1 Å². The third-order valence-electron chi connectivity index (χ3n) is 3.61. The Labute approximate surface area is 133 Å². The van der Waals surface area contributed by atoms with Crippen molar-refractivity contribution in [3.63, 3.8) is 0 Å². The maximum Gasteiger partial charge on any atom is 0.171 e. The number of anilines is 1. The molecule has 2 unspecified atom stereocenters. The van der Waals surface area contributed by atoms with E-state index in [-0.39, 0.29) is 6.42 Å². The lowest BCUT2D eigenvalue weighted by Crippen LogP contribution is -2.29. The third-order valence-corrected chi connectivity index (χ3v) is 4.62. The van der Waals surface area contributed by atoms with Gasteiger partial charge in [-0.25, -0.2) is 9.97 Å². The molecule has 1 aliphatic heterocycles. The number of hydrogen-bond acceptors (Lipinski definition) is 8.